The number of carbonyl (C=O) groups excluding carboxylic acids is 1. The molecule has 39 heavy (non-hydrogen) atoms. The number of phenolic OH excluding ortho intramolecular Hbond substituents is 2. The van der Waals surface area contributed by atoms with Crippen molar-refractivity contribution >= 4 is 28.2 Å². The molecule has 0 aliphatic rings. The van der Waals surface area contributed by atoms with Crippen LogP contribution in [0.15, 0.2) is 95.2 Å². The molecule has 1 heterocycles. The molecule has 0 radical (unpaired) electrons. The Bertz CT molecular complexity index is 1400. The monoisotopic (exact) mass is 566 g/mol. The van der Waals surface area contributed by atoms with Gasteiger partial charge in [0.05, 0.1) is 24.2 Å². The summed E-state index contributed by atoms with van der Waals surface area (Å²) in [6, 6.07) is 23.3. The summed E-state index contributed by atoms with van der Waals surface area (Å²) in [5, 5.41) is 35.7. The predicted octanol–water partition coefficient (Wildman–Crippen LogP) is 4.09. The zero-order chi connectivity index (χ0) is 27.8. The second-order valence-electron chi connectivity index (χ2n) is 8.87. The van der Waals surface area contributed by atoms with Gasteiger partial charge in [0, 0.05) is 23.5 Å². The quantitative estimate of drug-likeness (QED) is 0.192. The molecule has 0 spiro atoms. The summed E-state index contributed by atoms with van der Waals surface area (Å²) in [7, 11) is -0.0877. The van der Waals surface area contributed by atoms with Crippen LogP contribution in [0.3, 0.4) is 0 Å². The first-order chi connectivity index (χ1) is 18.8. The van der Waals surface area contributed by atoms with Gasteiger partial charge >= 0.3 is 0 Å². The van der Waals surface area contributed by atoms with Crippen LogP contribution in [0.2, 0.25) is 0 Å². The van der Waals surface area contributed by atoms with Gasteiger partial charge in [0.1, 0.15) is 16.7 Å². The Morgan fingerprint density at radius 3 is 2.49 bits per heavy atom. The van der Waals surface area contributed by atoms with Gasteiger partial charge in [-0.3, -0.25) is 4.79 Å². The fraction of sp³-hybridized carbons (Fsp3) is 0.207. The number of ether oxygens (including phenoxy) is 1. The minimum Gasteiger partial charge on any atom is -0.504 e. The van der Waals surface area contributed by atoms with Gasteiger partial charge in [-0.15, -0.1) is 11.3 Å². The molecular weight excluding hydrogens is 536 g/mol. The third-order valence-corrected chi connectivity index (χ3v) is 8.36. The van der Waals surface area contributed by atoms with Gasteiger partial charge in [-0.2, -0.15) is 0 Å². The van der Waals surface area contributed by atoms with E-state index < -0.39 is 34.8 Å². The van der Waals surface area contributed by atoms with E-state index in [2.05, 4.69) is 5.32 Å². The molecule has 0 bridgehead atoms. The number of thiophene rings is 1. The van der Waals surface area contributed by atoms with Crippen molar-refractivity contribution < 1.29 is 29.1 Å². The highest BCUT2D eigenvalue weighted by molar-refractivity contribution is 7.82. The van der Waals surface area contributed by atoms with Gasteiger partial charge in [0.15, 0.2) is 11.5 Å². The maximum absolute atomic E-state index is 13.7. The average molecular weight is 567 g/mol. The first-order valence-corrected chi connectivity index (χ1v) is 14.2. The van der Waals surface area contributed by atoms with Gasteiger partial charge in [0.2, 0.25) is 0 Å². The van der Waals surface area contributed by atoms with Gasteiger partial charge < -0.3 is 25.4 Å². The van der Waals surface area contributed by atoms with Crippen molar-refractivity contribution in [1.82, 2.24) is 9.62 Å². The largest absolute Gasteiger partial charge is 0.504 e. The van der Waals surface area contributed by atoms with Crippen LogP contribution in [-0.4, -0.2) is 55.5 Å². The Kier molecular flexibility index (Phi) is 9.72. The van der Waals surface area contributed by atoms with Crippen molar-refractivity contribution in [3.05, 3.63) is 106 Å². The van der Waals surface area contributed by atoms with Crippen LogP contribution in [0.1, 0.15) is 20.8 Å². The minimum atomic E-state index is -1.63. The molecule has 0 saturated carbocycles. The maximum Gasteiger partial charge on any atom is 0.251 e. The Morgan fingerprint density at radius 2 is 1.79 bits per heavy atom. The number of phenols is 2. The normalized spacial score (nSPS) is 13.5. The highest BCUT2D eigenvalue weighted by Crippen LogP contribution is 2.25. The first-order valence-electron chi connectivity index (χ1n) is 12.2. The Balaban J connectivity index is 1.59. The predicted molar refractivity (Wildman–Crippen MR) is 151 cm³/mol. The average Bonchev–Trinajstić information content (AvgIpc) is 3.47. The highest BCUT2D eigenvalue weighted by Gasteiger charge is 2.28. The van der Waals surface area contributed by atoms with E-state index in [9.17, 15) is 24.3 Å². The molecule has 3 unspecified atom stereocenters. The van der Waals surface area contributed by atoms with Crippen molar-refractivity contribution in [3.63, 3.8) is 0 Å². The van der Waals surface area contributed by atoms with Crippen molar-refractivity contribution in [2.24, 2.45) is 0 Å². The second kappa shape index (κ2) is 13.4. The molecule has 1 amide bonds. The minimum absolute atomic E-state index is 0.000326. The van der Waals surface area contributed by atoms with Crippen molar-refractivity contribution in [2.75, 3.05) is 13.7 Å². The van der Waals surface area contributed by atoms with Crippen LogP contribution in [0, 0.1) is 0 Å². The zero-order valence-corrected chi connectivity index (χ0v) is 22.9. The lowest BCUT2D eigenvalue weighted by molar-refractivity contribution is 0.0783. The molecule has 0 aliphatic carbocycles. The molecule has 0 saturated heterocycles. The third-order valence-electron chi connectivity index (χ3n) is 6.10. The Labute approximate surface area is 233 Å². The smallest absolute Gasteiger partial charge is 0.251 e. The molecule has 1 aromatic heterocycles. The standard InChI is InChI=1S/C29H30N2O6S2/c1-37-22-9-5-11-24(17-22)39(36)31(18-23-10-6-14-38-23)19-28(34)25(15-20-7-3-2-4-8-20)30-29(35)21-12-13-26(32)27(33)16-21/h2-14,16-17,25,28,32-34H,15,18-19H2,1H3,(H,30,35). The van der Waals surface area contributed by atoms with Crippen LogP contribution in [0.25, 0.3) is 0 Å². The number of nitrogens with one attached hydrogen (secondary N) is 1. The Morgan fingerprint density at radius 1 is 1.00 bits per heavy atom. The fourth-order valence-corrected chi connectivity index (χ4v) is 6.09. The van der Waals surface area contributed by atoms with Gasteiger partial charge in [-0.1, -0.05) is 42.5 Å². The van der Waals surface area contributed by atoms with Crippen molar-refractivity contribution in [3.8, 4) is 17.2 Å². The van der Waals surface area contributed by atoms with E-state index in [4.69, 9.17) is 4.74 Å². The third kappa shape index (κ3) is 7.67. The summed E-state index contributed by atoms with van der Waals surface area (Å²) in [6.07, 6.45) is -0.786. The molecule has 0 aliphatic heterocycles. The number of aromatic hydroxyl groups is 2. The summed E-state index contributed by atoms with van der Waals surface area (Å²) in [6.45, 7) is 0.330. The molecule has 3 aromatic carbocycles. The lowest BCUT2D eigenvalue weighted by Crippen LogP contribution is -2.49. The molecule has 4 N–H and O–H groups in total. The number of carbonyl (C=O) groups is 1. The molecule has 204 valence electrons. The van der Waals surface area contributed by atoms with Gasteiger partial charge in [-0.05, 0) is 59.8 Å². The number of hydrogen-bond donors (Lipinski definition) is 4. The summed E-state index contributed by atoms with van der Waals surface area (Å²) in [5.74, 6) is -0.705. The number of hydrogen-bond acceptors (Lipinski definition) is 7. The molecule has 4 aromatic rings. The number of nitrogens with zero attached hydrogens (tertiary/aromatic N) is 1. The van der Waals surface area contributed by atoms with E-state index in [1.807, 2.05) is 47.8 Å². The molecule has 8 nitrogen and oxygen atoms in total. The van der Waals surface area contributed by atoms with Crippen molar-refractivity contribution in [1.29, 1.82) is 0 Å². The van der Waals surface area contributed by atoms with Crippen molar-refractivity contribution in [2.45, 2.75) is 30.0 Å². The summed E-state index contributed by atoms with van der Waals surface area (Å²) in [5.41, 5.74) is 1.03. The van der Waals surface area contributed by atoms with E-state index >= 15 is 0 Å². The van der Waals surface area contributed by atoms with E-state index in [-0.39, 0.29) is 17.9 Å². The van der Waals surface area contributed by atoms with Crippen LogP contribution < -0.4 is 10.1 Å². The molecule has 0 fully saturated rings. The van der Waals surface area contributed by atoms with E-state index in [0.29, 0.717) is 23.6 Å². The number of aliphatic hydroxyl groups is 1. The van der Waals surface area contributed by atoms with Crippen LogP contribution in [0.4, 0.5) is 0 Å². The van der Waals surface area contributed by atoms with Crippen LogP contribution in [0.5, 0.6) is 17.2 Å². The summed E-state index contributed by atoms with van der Waals surface area (Å²) >= 11 is 1.52. The number of benzene rings is 3. The first kappa shape index (κ1) is 28.3. The van der Waals surface area contributed by atoms with E-state index in [1.165, 1.54) is 23.5 Å². The zero-order valence-electron chi connectivity index (χ0n) is 21.3. The fourth-order valence-electron chi connectivity index (χ4n) is 4.03. The van der Waals surface area contributed by atoms with Gasteiger partial charge in [0.25, 0.3) is 5.91 Å². The molecule has 4 rings (SSSR count). The lowest BCUT2D eigenvalue weighted by atomic mass is 10.0. The summed E-state index contributed by atoms with van der Waals surface area (Å²) in [4.78, 5) is 14.6. The highest BCUT2D eigenvalue weighted by atomic mass is 32.2. The summed E-state index contributed by atoms with van der Waals surface area (Å²) < 4.78 is 20.7. The SMILES string of the molecule is COc1cccc(S(=O)N(Cc2cccs2)CC(O)C(Cc2ccccc2)NC(=O)c2ccc(O)c(O)c2)c1. The number of aliphatic hydroxyl groups excluding tert-OH is 1. The van der Waals surface area contributed by atoms with Crippen LogP contribution >= 0.6 is 11.3 Å². The molecule has 10 heteroatoms. The van der Waals surface area contributed by atoms with Gasteiger partial charge in [-0.25, -0.2) is 8.51 Å². The topological polar surface area (TPSA) is 119 Å². The van der Waals surface area contributed by atoms with Crippen LogP contribution in [-0.2, 0) is 24.0 Å². The second-order valence-corrected chi connectivity index (χ2v) is 11.4. The number of rotatable bonds is 12. The van der Waals surface area contributed by atoms with E-state index in [1.54, 1.807) is 35.7 Å². The number of methoxy groups -OCH3 is 1. The Hall–Kier alpha value is -3.70. The molecule has 3 atom stereocenters. The van der Waals surface area contributed by atoms with E-state index in [0.717, 1.165) is 16.5 Å². The maximum atomic E-state index is 13.7. The molecular formula is C29H30N2O6S2. The lowest BCUT2D eigenvalue weighted by Gasteiger charge is -2.29. The number of amides is 1.